The number of carboxylic acid groups (broad SMARTS) is 1. The first-order valence-corrected chi connectivity index (χ1v) is 9.25. The molecular formula is C20H17N3O4S. The van der Waals surface area contributed by atoms with Gasteiger partial charge in [-0.2, -0.15) is 0 Å². The molecule has 142 valence electrons. The molecule has 0 aliphatic carbocycles. The molecule has 28 heavy (non-hydrogen) atoms. The van der Waals surface area contributed by atoms with Crippen LogP contribution in [0.4, 0.5) is 10.8 Å². The first-order valence-electron chi connectivity index (χ1n) is 8.37. The summed E-state index contributed by atoms with van der Waals surface area (Å²) in [4.78, 5) is 39.0. The molecule has 8 heteroatoms. The summed E-state index contributed by atoms with van der Waals surface area (Å²) in [6, 6.07) is 13.6. The first kappa shape index (κ1) is 19.2. The number of thiazole rings is 1. The highest BCUT2D eigenvalue weighted by Crippen LogP contribution is 2.26. The lowest BCUT2D eigenvalue weighted by atomic mass is 10.0. The molecule has 0 saturated heterocycles. The Kier molecular flexibility index (Phi) is 5.81. The second-order valence-electron chi connectivity index (χ2n) is 5.98. The molecule has 7 nitrogen and oxygen atoms in total. The third-order valence-electron chi connectivity index (χ3n) is 3.85. The third kappa shape index (κ3) is 4.80. The Balaban J connectivity index is 1.67. The van der Waals surface area contributed by atoms with E-state index < -0.39 is 5.97 Å². The molecule has 3 N–H and O–H groups in total. The van der Waals surface area contributed by atoms with Gasteiger partial charge in [0.25, 0.3) is 0 Å². The maximum absolute atomic E-state index is 12.3. The number of anilines is 2. The number of amides is 2. The number of carboxylic acids is 1. The van der Waals surface area contributed by atoms with Gasteiger partial charge in [0.2, 0.25) is 11.8 Å². The highest BCUT2D eigenvalue weighted by Gasteiger charge is 2.14. The maximum atomic E-state index is 12.3. The first-order chi connectivity index (χ1) is 13.4. The Labute approximate surface area is 165 Å². The molecule has 0 aliphatic rings. The van der Waals surface area contributed by atoms with Gasteiger partial charge < -0.3 is 15.7 Å². The van der Waals surface area contributed by atoms with E-state index in [0.29, 0.717) is 22.1 Å². The van der Waals surface area contributed by atoms with Gasteiger partial charge in [0, 0.05) is 23.6 Å². The van der Waals surface area contributed by atoms with E-state index in [1.54, 1.807) is 30.3 Å². The molecule has 3 rings (SSSR count). The summed E-state index contributed by atoms with van der Waals surface area (Å²) in [7, 11) is 0. The Morgan fingerprint density at radius 1 is 1.04 bits per heavy atom. The number of nitrogens with zero attached hydrogens (tertiary/aromatic N) is 1. The Hall–Kier alpha value is -3.52. The van der Waals surface area contributed by atoms with E-state index in [2.05, 4.69) is 15.6 Å². The van der Waals surface area contributed by atoms with Crippen LogP contribution in [0.1, 0.15) is 22.8 Å². The summed E-state index contributed by atoms with van der Waals surface area (Å²) in [6.45, 7) is 1.44. The van der Waals surface area contributed by atoms with Crippen molar-refractivity contribution in [1.29, 1.82) is 0 Å². The monoisotopic (exact) mass is 395 g/mol. The van der Waals surface area contributed by atoms with Crippen molar-refractivity contribution < 1.29 is 19.5 Å². The van der Waals surface area contributed by atoms with Crippen LogP contribution in [0.25, 0.3) is 11.3 Å². The van der Waals surface area contributed by atoms with Crippen molar-refractivity contribution in [2.24, 2.45) is 0 Å². The Bertz CT molecular complexity index is 1030. The maximum Gasteiger partial charge on any atom is 0.335 e. The van der Waals surface area contributed by atoms with Crippen LogP contribution < -0.4 is 10.6 Å². The molecule has 0 unspecified atom stereocenters. The summed E-state index contributed by atoms with van der Waals surface area (Å²) in [6.07, 6.45) is -0.0528. The highest BCUT2D eigenvalue weighted by atomic mass is 32.1. The fourth-order valence-corrected chi connectivity index (χ4v) is 3.35. The van der Waals surface area contributed by atoms with Gasteiger partial charge in [-0.05, 0) is 23.8 Å². The van der Waals surface area contributed by atoms with Crippen LogP contribution in [0.3, 0.4) is 0 Å². The molecule has 0 saturated carbocycles. The largest absolute Gasteiger partial charge is 0.478 e. The van der Waals surface area contributed by atoms with E-state index in [9.17, 15) is 19.5 Å². The van der Waals surface area contributed by atoms with Gasteiger partial charge in [-0.15, -0.1) is 11.3 Å². The Morgan fingerprint density at radius 3 is 2.43 bits per heavy atom. The molecule has 0 aliphatic heterocycles. The fourth-order valence-electron chi connectivity index (χ4n) is 2.61. The lowest BCUT2D eigenvalue weighted by Crippen LogP contribution is -2.16. The number of aromatic carboxylic acids is 1. The van der Waals surface area contributed by atoms with Gasteiger partial charge in [-0.25, -0.2) is 9.78 Å². The number of benzene rings is 2. The number of nitrogens with one attached hydrogen (secondary N) is 2. The quantitative estimate of drug-likeness (QED) is 0.590. The summed E-state index contributed by atoms with van der Waals surface area (Å²) < 4.78 is 0. The van der Waals surface area contributed by atoms with Crippen LogP contribution >= 0.6 is 11.3 Å². The predicted octanol–water partition coefficient (Wildman–Crippen LogP) is 3.65. The molecular weight excluding hydrogens is 378 g/mol. The summed E-state index contributed by atoms with van der Waals surface area (Å²) in [5, 5.41) is 16.8. The molecule has 2 amide bonds. The summed E-state index contributed by atoms with van der Waals surface area (Å²) >= 11 is 1.28. The summed E-state index contributed by atoms with van der Waals surface area (Å²) in [5.74, 6) is -1.55. The third-order valence-corrected chi connectivity index (χ3v) is 4.61. The van der Waals surface area contributed by atoms with E-state index in [-0.39, 0.29) is 23.8 Å². The molecule has 1 heterocycles. The molecule has 0 radical (unpaired) electrons. The topological polar surface area (TPSA) is 108 Å². The van der Waals surface area contributed by atoms with Crippen LogP contribution in [0.15, 0.2) is 53.9 Å². The fraction of sp³-hybridized carbons (Fsp3) is 0.100. The average molecular weight is 395 g/mol. The lowest BCUT2D eigenvalue weighted by Gasteiger charge is -2.05. The zero-order valence-electron chi connectivity index (χ0n) is 14.9. The van der Waals surface area contributed by atoms with Crippen molar-refractivity contribution in [3.05, 3.63) is 65.0 Å². The van der Waals surface area contributed by atoms with E-state index >= 15 is 0 Å². The van der Waals surface area contributed by atoms with Crippen molar-refractivity contribution in [2.45, 2.75) is 13.3 Å². The number of rotatable bonds is 6. The van der Waals surface area contributed by atoms with Crippen LogP contribution in [0.5, 0.6) is 0 Å². The molecule has 0 bridgehead atoms. The number of carbonyl (C=O) groups excluding carboxylic acids is 2. The van der Waals surface area contributed by atoms with Gasteiger partial charge in [0.15, 0.2) is 5.13 Å². The minimum absolute atomic E-state index is 0.0528. The summed E-state index contributed by atoms with van der Waals surface area (Å²) in [5.41, 5.74) is 2.79. The van der Waals surface area contributed by atoms with Crippen LogP contribution in [0.2, 0.25) is 0 Å². The van der Waals surface area contributed by atoms with Crippen LogP contribution in [-0.2, 0) is 16.0 Å². The highest BCUT2D eigenvalue weighted by molar-refractivity contribution is 7.14. The minimum atomic E-state index is -1.07. The SMILES string of the molecule is CC(=O)Nc1ccc(-c2csc(NC(=O)Cc3ccccc3C(=O)O)n2)cc1. The van der Waals surface area contributed by atoms with Gasteiger partial charge >= 0.3 is 5.97 Å². The van der Waals surface area contributed by atoms with Gasteiger partial charge in [-0.3, -0.25) is 9.59 Å². The normalized spacial score (nSPS) is 10.3. The van der Waals surface area contributed by atoms with Crippen molar-refractivity contribution >= 4 is 39.9 Å². The Morgan fingerprint density at radius 2 is 1.75 bits per heavy atom. The van der Waals surface area contributed by atoms with Crippen molar-refractivity contribution in [3.63, 3.8) is 0 Å². The smallest absolute Gasteiger partial charge is 0.335 e. The van der Waals surface area contributed by atoms with Gasteiger partial charge in [-0.1, -0.05) is 30.3 Å². The molecule has 1 aromatic heterocycles. The number of hydrogen-bond donors (Lipinski definition) is 3. The molecule has 0 atom stereocenters. The second-order valence-corrected chi connectivity index (χ2v) is 6.84. The average Bonchev–Trinajstić information content (AvgIpc) is 3.10. The van der Waals surface area contributed by atoms with E-state index in [1.165, 1.54) is 24.3 Å². The predicted molar refractivity (Wildman–Crippen MR) is 108 cm³/mol. The second kappa shape index (κ2) is 8.45. The van der Waals surface area contributed by atoms with E-state index in [4.69, 9.17) is 0 Å². The number of aromatic nitrogens is 1. The number of carbonyl (C=O) groups is 3. The van der Waals surface area contributed by atoms with E-state index in [1.807, 2.05) is 17.5 Å². The molecule has 0 fully saturated rings. The molecule has 3 aromatic rings. The zero-order valence-corrected chi connectivity index (χ0v) is 15.7. The standard InChI is InChI=1S/C20H17N3O4S/c1-12(24)21-15-8-6-13(7-9-15)17-11-28-20(22-17)23-18(25)10-14-4-2-3-5-16(14)19(26)27/h2-9,11H,10H2,1H3,(H,21,24)(H,26,27)(H,22,23,25). The minimum Gasteiger partial charge on any atom is -0.478 e. The van der Waals surface area contributed by atoms with Crippen molar-refractivity contribution in [3.8, 4) is 11.3 Å². The van der Waals surface area contributed by atoms with Crippen LogP contribution in [0, 0.1) is 0 Å². The van der Waals surface area contributed by atoms with Crippen molar-refractivity contribution in [2.75, 3.05) is 10.6 Å². The van der Waals surface area contributed by atoms with Gasteiger partial charge in [0.1, 0.15) is 0 Å². The zero-order chi connectivity index (χ0) is 20.1. The lowest BCUT2D eigenvalue weighted by molar-refractivity contribution is -0.116. The molecule has 2 aromatic carbocycles. The van der Waals surface area contributed by atoms with Crippen LogP contribution in [-0.4, -0.2) is 27.9 Å². The number of hydrogen-bond acceptors (Lipinski definition) is 5. The van der Waals surface area contributed by atoms with Gasteiger partial charge in [0.05, 0.1) is 17.7 Å². The van der Waals surface area contributed by atoms with Crippen molar-refractivity contribution in [1.82, 2.24) is 4.98 Å². The molecule has 0 spiro atoms. The van der Waals surface area contributed by atoms with E-state index in [0.717, 1.165) is 5.56 Å².